The predicted octanol–water partition coefficient (Wildman–Crippen LogP) is 6.78. The number of thioether (sulfide) groups is 1. The van der Waals surface area contributed by atoms with Crippen molar-refractivity contribution in [3.05, 3.63) is 94.0 Å². The first-order valence-electron chi connectivity index (χ1n) is 10.4. The number of amides is 2. The Morgan fingerprint density at radius 3 is 2.44 bits per heavy atom. The summed E-state index contributed by atoms with van der Waals surface area (Å²) in [5.74, 6) is 0.348. The summed E-state index contributed by atoms with van der Waals surface area (Å²) >= 11 is 5.00. The maximum Gasteiger partial charge on any atom is 0.255 e. The van der Waals surface area contributed by atoms with Crippen LogP contribution >= 0.6 is 27.7 Å². The number of nitrogens with one attached hydrogen (secondary N) is 1. The van der Waals surface area contributed by atoms with Gasteiger partial charge in [-0.1, -0.05) is 67.0 Å². The van der Waals surface area contributed by atoms with E-state index < -0.39 is 0 Å². The molecule has 32 heavy (non-hydrogen) atoms. The largest absolute Gasteiger partial charge is 0.322 e. The quantitative estimate of drug-likeness (QED) is 0.422. The number of benzene rings is 3. The number of nitrogens with zero attached hydrogens (tertiary/aromatic N) is 1. The molecule has 1 fully saturated rings. The van der Waals surface area contributed by atoms with Gasteiger partial charge in [-0.3, -0.25) is 14.5 Å². The lowest BCUT2D eigenvalue weighted by Gasteiger charge is -2.26. The third kappa shape index (κ3) is 4.92. The third-order valence-electron chi connectivity index (χ3n) is 5.40. The standard InChI is InChI=1S/C26H25BrN2O2S/c1-26(2,3)19-10-12-22(13-11-19)29-23(30)16-32-25(29)18-7-5-9-21(15-18)28-24(31)17-6-4-8-20(27)14-17/h4-15,25H,16H2,1-3H3,(H,28,31)/t25-/m1/s1. The van der Waals surface area contributed by atoms with Crippen molar-refractivity contribution in [1.29, 1.82) is 0 Å². The van der Waals surface area contributed by atoms with Crippen LogP contribution in [0.4, 0.5) is 11.4 Å². The van der Waals surface area contributed by atoms with Crippen molar-refractivity contribution in [2.75, 3.05) is 16.0 Å². The van der Waals surface area contributed by atoms with Gasteiger partial charge >= 0.3 is 0 Å². The number of anilines is 2. The second-order valence-electron chi connectivity index (χ2n) is 8.81. The monoisotopic (exact) mass is 508 g/mol. The molecule has 0 aromatic heterocycles. The van der Waals surface area contributed by atoms with E-state index in [9.17, 15) is 9.59 Å². The molecular weight excluding hydrogens is 484 g/mol. The maximum absolute atomic E-state index is 12.8. The highest BCUT2D eigenvalue weighted by Gasteiger charge is 2.34. The molecule has 1 N–H and O–H groups in total. The van der Waals surface area contributed by atoms with E-state index in [0.29, 0.717) is 17.0 Å². The fourth-order valence-corrected chi connectivity index (χ4v) is 5.24. The molecule has 1 heterocycles. The van der Waals surface area contributed by atoms with E-state index in [0.717, 1.165) is 15.7 Å². The Hall–Kier alpha value is -2.57. The van der Waals surface area contributed by atoms with Crippen molar-refractivity contribution in [1.82, 2.24) is 0 Å². The van der Waals surface area contributed by atoms with Gasteiger partial charge < -0.3 is 5.32 Å². The summed E-state index contributed by atoms with van der Waals surface area (Å²) in [6.07, 6.45) is 0. The van der Waals surface area contributed by atoms with E-state index in [1.807, 2.05) is 53.4 Å². The van der Waals surface area contributed by atoms with E-state index in [1.165, 1.54) is 5.56 Å². The van der Waals surface area contributed by atoms with E-state index in [2.05, 4.69) is 54.2 Å². The van der Waals surface area contributed by atoms with Gasteiger partial charge in [0.05, 0.1) is 5.75 Å². The zero-order valence-corrected chi connectivity index (χ0v) is 20.7. The predicted molar refractivity (Wildman–Crippen MR) is 136 cm³/mol. The van der Waals surface area contributed by atoms with Crippen molar-refractivity contribution in [3.8, 4) is 0 Å². The summed E-state index contributed by atoms with van der Waals surface area (Å²) in [6.45, 7) is 6.53. The Balaban J connectivity index is 1.57. The molecule has 3 aromatic carbocycles. The first-order chi connectivity index (χ1) is 15.2. The lowest BCUT2D eigenvalue weighted by molar-refractivity contribution is -0.115. The van der Waals surface area contributed by atoms with E-state index in [-0.39, 0.29) is 22.6 Å². The summed E-state index contributed by atoms with van der Waals surface area (Å²) < 4.78 is 0.855. The van der Waals surface area contributed by atoms with Crippen molar-refractivity contribution < 1.29 is 9.59 Å². The van der Waals surface area contributed by atoms with Crippen LogP contribution in [-0.2, 0) is 10.2 Å². The van der Waals surface area contributed by atoms with Crippen LogP contribution in [0.3, 0.4) is 0 Å². The fraction of sp³-hybridized carbons (Fsp3) is 0.231. The minimum absolute atomic E-state index is 0.0581. The van der Waals surface area contributed by atoms with Crippen LogP contribution < -0.4 is 10.2 Å². The lowest BCUT2D eigenvalue weighted by Crippen LogP contribution is -2.28. The molecule has 0 saturated carbocycles. The van der Waals surface area contributed by atoms with Gasteiger partial charge in [-0.15, -0.1) is 11.8 Å². The normalized spacial score (nSPS) is 16.3. The summed E-state index contributed by atoms with van der Waals surface area (Å²) in [6, 6.07) is 23.2. The van der Waals surface area contributed by atoms with Gasteiger partial charge in [0.25, 0.3) is 5.91 Å². The van der Waals surface area contributed by atoms with Crippen LogP contribution in [0.25, 0.3) is 0 Å². The molecule has 1 aliphatic heterocycles. The Morgan fingerprint density at radius 1 is 1.03 bits per heavy atom. The highest BCUT2D eigenvalue weighted by atomic mass is 79.9. The van der Waals surface area contributed by atoms with E-state index >= 15 is 0 Å². The minimum atomic E-state index is -0.173. The average molecular weight is 509 g/mol. The summed E-state index contributed by atoms with van der Waals surface area (Å²) in [5, 5.41) is 2.83. The van der Waals surface area contributed by atoms with Crippen molar-refractivity contribution in [2.45, 2.75) is 31.6 Å². The number of hydrogen-bond donors (Lipinski definition) is 1. The molecule has 4 rings (SSSR count). The average Bonchev–Trinajstić information content (AvgIpc) is 3.15. The van der Waals surface area contributed by atoms with Gasteiger partial charge in [-0.05, 0) is 59.0 Å². The molecule has 164 valence electrons. The fourth-order valence-electron chi connectivity index (χ4n) is 3.67. The molecule has 0 radical (unpaired) electrons. The second kappa shape index (κ2) is 9.12. The highest BCUT2D eigenvalue weighted by molar-refractivity contribution is 9.10. The highest BCUT2D eigenvalue weighted by Crippen LogP contribution is 2.42. The number of rotatable bonds is 4. The van der Waals surface area contributed by atoms with E-state index in [4.69, 9.17) is 0 Å². The van der Waals surface area contributed by atoms with Gasteiger partial charge in [0.15, 0.2) is 0 Å². The molecular formula is C26H25BrN2O2S. The summed E-state index contributed by atoms with van der Waals surface area (Å²) in [5.41, 5.74) is 4.44. The molecule has 0 unspecified atom stereocenters. The SMILES string of the molecule is CC(C)(C)c1ccc(N2C(=O)CS[C@@H]2c2cccc(NC(=O)c3cccc(Br)c3)c2)cc1. The molecule has 1 atom stereocenters. The number of carbonyl (C=O) groups excluding carboxylic acids is 2. The Labute approximate surface area is 201 Å². The Bertz CT molecular complexity index is 1150. The van der Waals surface area contributed by atoms with Crippen LogP contribution in [-0.4, -0.2) is 17.6 Å². The van der Waals surface area contributed by atoms with Gasteiger partial charge in [0, 0.05) is 21.4 Å². The molecule has 3 aromatic rings. The summed E-state index contributed by atoms with van der Waals surface area (Å²) in [4.78, 5) is 27.3. The van der Waals surface area contributed by atoms with Crippen molar-refractivity contribution >= 4 is 50.9 Å². The first-order valence-corrected chi connectivity index (χ1v) is 12.3. The molecule has 0 bridgehead atoms. The molecule has 6 heteroatoms. The Kier molecular flexibility index (Phi) is 6.45. The zero-order chi connectivity index (χ0) is 22.9. The van der Waals surface area contributed by atoms with Gasteiger partial charge in [-0.25, -0.2) is 0 Å². The second-order valence-corrected chi connectivity index (χ2v) is 10.8. The van der Waals surface area contributed by atoms with Crippen LogP contribution in [0.1, 0.15) is 47.6 Å². The lowest BCUT2D eigenvalue weighted by atomic mass is 9.87. The zero-order valence-electron chi connectivity index (χ0n) is 18.3. The van der Waals surface area contributed by atoms with E-state index in [1.54, 1.807) is 23.9 Å². The van der Waals surface area contributed by atoms with Crippen molar-refractivity contribution in [2.24, 2.45) is 0 Å². The minimum Gasteiger partial charge on any atom is -0.322 e. The third-order valence-corrected chi connectivity index (χ3v) is 7.10. The molecule has 4 nitrogen and oxygen atoms in total. The first kappa shape index (κ1) is 22.6. The van der Waals surface area contributed by atoms with Gasteiger partial charge in [0.2, 0.25) is 5.91 Å². The number of carbonyl (C=O) groups is 2. The number of hydrogen-bond acceptors (Lipinski definition) is 3. The van der Waals surface area contributed by atoms with Crippen molar-refractivity contribution in [3.63, 3.8) is 0 Å². The molecule has 2 amide bonds. The van der Waals surface area contributed by atoms with Crippen LogP contribution in [0.5, 0.6) is 0 Å². The molecule has 1 saturated heterocycles. The maximum atomic E-state index is 12.8. The summed E-state index contributed by atoms with van der Waals surface area (Å²) in [7, 11) is 0. The van der Waals surface area contributed by atoms with Crippen LogP contribution in [0.2, 0.25) is 0 Å². The Morgan fingerprint density at radius 2 is 1.75 bits per heavy atom. The number of halogens is 1. The molecule has 1 aliphatic rings. The van der Waals surface area contributed by atoms with Gasteiger partial charge in [-0.2, -0.15) is 0 Å². The molecule has 0 aliphatic carbocycles. The molecule has 0 spiro atoms. The smallest absolute Gasteiger partial charge is 0.255 e. The van der Waals surface area contributed by atoms with Crippen LogP contribution in [0, 0.1) is 0 Å². The topological polar surface area (TPSA) is 49.4 Å². The van der Waals surface area contributed by atoms with Crippen LogP contribution in [0.15, 0.2) is 77.3 Å². The van der Waals surface area contributed by atoms with Gasteiger partial charge in [0.1, 0.15) is 5.37 Å².